The normalized spacial score (nSPS) is 10.8. The molecule has 0 aliphatic heterocycles. The quantitative estimate of drug-likeness (QED) is 0.578. The summed E-state index contributed by atoms with van der Waals surface area (Å²) in [6.45, 7) is 5.74. The van der Waals surface area contributed by atoms with Crippen LogP contribution < -0.4 is 11.0 Å². The molecule has 0 fully saturated rings. The molecule has 0 bridgehead atoms. The molecule has 1 heterocycles. The third kappa shape index (κ3) is 4.84. The zero-order valence-electron chi connectivity index (χ0n) is 16.4. The molecule has 0 atom stereocenters. The van der Waals surface area contributed by atoms with E-state index in [9.17, 15) is 4.79 Å². The summed E-state index contributed by atoms with van der Waals surface area (Å²) in [6, 6.07) is 16.1. The molecule has 0 radical (unpaired) electrons. The highest BCUT2D eigenvalue weighted by atomic mass is 16.5. The Morgan fingerprint density at radius 2 is 1.71 bits per heavy atom. The van der Waals surface area contributed by atoms with Gasteiger partial charge in [-0.25, -0.2) is 9.78 Å². The second-order valence-electron chi connectivity index (χ2n) is 6.43. The molecule has 6 heteroatoms. The average Bonchev–Trinajstić information content (AvgIpc) is 2.74. The predicted molar refractivity (Wildman–Crippen MR) is 111 cm³/mol. The predicted octanol–water partition coefficient (Wildman–Crippen LogP) is 3.38. The van der Waals surface area contributed by atoms with Crippen LogP contribution in [0.15, 0.2) is 59.7 Å². The molecule has 0 spiro atoms. The van der Waals surface area contributed by atoms with E-state index in [0.717, 1.165) is 35.2 Å². The molecule has 28 heavy (non-hydrogen) atoms. The Kier molecular flexibility index (Phi) is 6.92. The van der Waals surface area contributed by atoms with E-state index >= 15 is 0 Å². The van der Waals surface area contributed by atoms with Crippen LogP contribution in [0.4, 0.5) is 5.95 Å². The van der Waals surface area contributed by atoms with Gasteiger partial charge in [-0.2, -0.15) is 4.98 Å². The van der Waals surface area contributed by atoms with Crippen molar-refractivity contribution < 1.29 is 4.74 Å². The van der Waals surface area contributed by atoms with E-state index < -0.39 is 0 Å². The van der Waals surface area contributed by atoms with Crippen molar-refractivity contribution in [1.82, 2.24) is 14.5 Å². The van der Waals surface area contributed by atoms with Gasteiger partial charge in [0, 0.05) is 6.54 Å². The van der Waals surface area contributed by atoms with Crippen LogP contribution >= 0.6 is 0 Å². The number of aryl methyl sites for hydroxylation is 2. The average molecular weight is 378 g/mol. The summed E-state index contributed by atoms with van der Waals surface area (Å²) in [5.74, 6) is 0.316. The van der Waals surface area contributed by atoms with Gasteiger partial charge in [-0.1, -0.05) is 62.4 Å². The summed E-state index contributed by atoms with van der Waals surface area (Å²) in [6.07, 6.45) is 3.24. The second kappa shape index (κ2) is 9.80. The van der Waals surface area contributed by atoms with Crippen molar-refractivity contribution in [2.24, 2.45) is 0 Å². The molecule has 146 valence electrons. The molecule has 0 aliphatic rings. The van der Waals surface area contributed by atoms with Gasteiger partial charge in [0.15, 0.2) is 0 Å². The van der Waals surface area contributed by atoms with Crippen molar-refractivity contribution in [2.45, 2.75) is 33.3 Å². The third-order valence-corrected chi connectivity index (χ3v) is 4.55. The molecule has 0 saturated carbocycles. The molecule has 2 aromatic carbocycles. The van der Waals surface area contributed by atoms with E-state index in [1.165, 1.54) is 4.57 Å². The number of benzene rings is 2. The fraction of sp³-hybridized carbons (Fsp3) is 0.318. The Labute approximate surface area is 165 Å². The molecule has 0 saturated heterocycles. The van der Waals surface area contributed by atoms with E-state index in [0.29, 0.717) is 25.7 Å². The zero-order valence-corrected chi connectivity index (χ0v) is 16.4. The van der Waals surface area contributed by atoms with Gasteiger partial charge in [0.25, 0.3) is 0 Å². The summed E-state index contributed by atoms with van der Waals surface area (Å²) in [7, 11) is 0. The molecule has 3 aromatic rings. The first-order chi connectivity index (χ1) is 13.7. The van der Waals surface area contributed by atoms with Gasteiger partial charge in [0.05, 0.1) is 18.9 Å². The standard InChI is InChI=1S/C22H26N4O2/c1-3-18-11-8-12-19(4-2)20(18)26-16-24-21(25-22(26)27)23-13-14-28-15-17-9-6-5-7-10-17/h5-12,16H,3-4,13-15H2,1-2H3,(H,23,25,27). The smallest absolute Gasteiger partial charge is 0.356 e. The number of hydrogen-bond donors (Lipinski definition) is 1. The number of hydrogen-bond acceptors (Lipinski definition) is 5. The monoisotopic (exact) mass is 378 g/mol. The first-order valence-corrected chi connectivity index (χ1v) is 9.65. The van der Waals surface area contributed by atoms with Crippen molar-refractivity contribution in [3.05, 3.63) is 82.0 Å². The van der Waals surface area contributed by atoms with Crippen molar-refractivity contribution >= 4 is 5.95 Å². The van der Waals surface area contributed by atoms with Crippen molar-refractivity contribution in [2.75, 3.05) is 18.5 Å². The molecule has 0 unspecified atom stereocenters. The van der Waals surface area contributed by atoms with Gasteiger partial charge in [0.2, 0.25) is 5.95 Å². The molecular weight excluding hydrogens is 352 g/mol. The van der Waals surface area contributed by atoms with Gasteiger partial charge in [-0.15, -0.1) is 0 Å². The van der Waals surface area contributed by atoms with Crippen LogP contribution in [0.25, 0.3) is 5.69 Å². The lowest BCUT2D eigenvalue weighted by Crippen LogP contribution is -2.26. The topological polar surface area (TPSA) is 69.0 Å². The number of ether oxygens (including phenoxy) is 1. The van der Waals surface area contributed by atoms with Crippen molar-refractivity contribution in [3.63, 3.8) is 0 Å². The van der Waals surface area contributed by atoms with Crippen molar-refractivity contribution in [3.8, 4) is 5.69 Å². The molecule has 1 N–H and O–H groups in total. The number of para-hydroxylation sites is 1. The summed E-state index contributed by atoms with van der Waals surface area (Å²) in [4.78, 5) is 21.0. The van der Waals surface area contributed by atoms with E-state index in [1.807, 2.05) is 48.5 Å². The fourth-order valence-electron chi connectivity index (χ4n) is 3.10. The lowest BCUT2D eigenvalue weighted by molar-refractivity contribution is 0.130. The number of anilines is 1. The Morgan fingerprint density at radius 3 is 2.36 bits per heavy atom. The van der Waals surface area contributed by atoms with Gasteiger partial charge in [-0.3, -0.25) is 4.57 Å². The summed E-state index contributed by atoms with van der Waals surface area (Å²) >= 11 is 0. The van der Waals surface area contributed by atoms with E-state index in [2.05, 4.69) is 29.1 Å². The van der Waals surface area contributed by atoms with Gasteiger partial charge in [-0.05, 0) is 29.5 Å². The lowest BCUT2D eigenvalue weighted by Gasteiger charge is -2.14. The van der Waals surface area contributed by atoms with Crippen molar-refractivity contribution in [1.29, 1.82) is 0 Å². The highest BCUT2D eigenvalue weighted by molar-refractivity contribution is 5.48. The number of rotatable bonds is 9. The Balaban J connectivity index is 1.63. The van der Waals surface area contributed by atoms with Crippen LogP contribution in [0, 0.1) is 0 Å². The molecule has 0 aliphatic carbocycles. The number of aromatic nitrogens is 3. The van der Waals surface area contributed by atoms with Gasteiger partial charge < -0.3 is 10.1 Å². The molecule has 0 amide bonds. The van der Waals surface area contributed by atoms with E-state index in [1.54, 1.807) is 6.33 Å². The molecule has 6 nitrogen and oxygen atoms in total. The zero-order chi connectivity index (χ0) is 19.8. The first kappa shape index (κ1) is 19.8. The van der Waals surface area contributed by atoms with Crippen LogP contribution in [-0.4, -0.2) is 27.7 Å². The minimum atomic E-state index is -0.335. The molecule has 3 rings (SSSR count). The Hall–Kier alpha value is -2.99. The summed E-state index contributed by atoms with van der Waals surface area (Å²) in [5, 5.41) is 3.05. The Bertz CT molecular complexity index is 932. The van der Waals surface area contributed by atoms with Gasteiger partial charge in [0.1, 0.15) is 6.33 Å². The first-order valence-electron chi connectivity index (χ1n) is 9.65. The van der Waals surface area contributed by atoms with E-state index in [-0.39, 0.29) is 5.69 Å². The highest BCUT2D eigenvalue weighted by Crippen LogP contribution is 2.19. The lowest BCUT2D eigenvalue weighted by atomic mass is 10.0. The maximum atomic E-state index is 12.6. The minimum Gasteiger partial charge on any atom is -0.375 e. The summed E-state index contributed by atoms with van der Waals surface area (Å²) < 4.78 is 7.16. The van der Waals surface area contributed by atoms with Crippen LogP contribution in [0.1, 0.15) is 30.5 Å². The third-order valence-electron chi connectivity index (χ3n) is 4.55. The second-order valence-corrected chi connectivity index (χ2v) is 6.43. The maximum absolute atomic E-state index is 12.6. The Morgan fingerprint density at radius 1 is 1.00 bits per heavy atom. The SMILES string of the molecule is CCc1cccc(CC)c1-n1cnc(NCCOCc2ccccc2)nc1=O. The minimum absolute atomic E-state index is 0.316. The molecule has 1 aromatic heterocycles. The van der Waals surface area contributed by atoms with Crippen LogP contribution in [0.3, 0.4) is 0 Å². The van der Waals surface area contributed by atoms with Gasteiger partial charge >= 0.3 is 5.69 Å². The number of nitrogens with zero attached hydrogens (tertiary/aromatic N) is 3. The molecular formula is C22H26N4O2. The largest absolute Gasteiger partial charge is 0.375 e. The highest BCUT2D eigenvalue weighted by Gasteiger charge is 2.11. The van der Waals surface area contributed by atoms with Crippen LogP contribution in [0.2, 0.25) is 0 Å². The maximum Gasteiger partial charge on any atom is 0.356 e. The van der Waals surface area contributed by atoms with E-state index in [4.69, 9.17) is 4.74 Å². The fourth-order valence-corrected chi connectivity index (χ4v) is 3.10. The van der Waals surface area contributed by atoms with Crippen LogP contribution in [0.5, 0.6) is 0 Å². The van der Waals surface area contributed by atoms with Crippen LogP contribution in [-0.2, 0) is 24.2 Å². The summed E-state index contributed by atoms with van der Waals surface area (Å²) in [5.41, 5.74) is 3.91. The number of nitrogens with one attached hydrogen (secondary N) is 1.